The van der Waals surface area contributed by atoms with Gasteiger partial charge in [0.05, 0.1) is 0 Å². The lowest BCUT2D eigenvalue weighted by atomic mass is 9.98. The fourth-order valence-corrected chi connectivity index (χ4v) is 4.55. The molecule has 2 aromatic carbocycles. The molecule has 0 spiro atoms. The summed E-state index contributed by atoms with van der Waals surface area (Å²) in [6.45, 7) is 15.8. The molecule has 0 aliphatic rings. The number of allylic oxidation sites excluding steroid dienone is 1. The average Bonchev–Trinajstić information content (AvgIpc) is 3.41. The molecular weight excluding hydrogens is 464 g/mol. The Hall–Kier alpha value is -3.79. The number of fused-ring (bicyclic) bond motifs is 1. The first kappa shape index (κ1) is 28.8. The molecule has 4 heteroatoms. The number of aromatic nitrogens is 2. The Kier molecular flexibility index (Phi) is 11.2. The Labute approximate surface area is 229 Å². The molecular formula is C34H44N4. The minimum absolute atomic E-state index is 0.925. The maximum atomic E-state index is 4.45. The second kappa shape index (κ2) is 14.8. The second-order valence-corrected chi connectivity index (χ2v) is 9.84. The van der Waals surface area contributed by atoms with Gasteiger partial charge >= 0.3 is 0 Å². The summed E-state index contributed by atoms with van der Waals surface area (Å²) in [5.74, 6) is 0. The largest absolute Gasteiger partial charge is 0.392 e. The smallest absolute Gasteiger partial charge is 0.0460 e. The van der Waals surface area contributed by atoms with Crippen molar-refractivity contribution in [3.63, 3.8) is 0 Å². The van der Waals surface area contributed by atoms with E-state index in [2.05, 4.69) is 103 Å². The summed E-state index contributed by atoms with van der Waals surface area (Å²) in [7, 11) is 1.94. The molecule has 4 rings (SSSR count). The van der Waals surface area contributed by atoms with E-state index >= 15 is 0 Å². The minimum atomic E-state index is 0.925. The van der Waals surface area contributed by atoms with Gasteiger partial charge < -0.3 is 15.2 Å². The number of benzene rings is 2. The number of nitrogens with one attached hydrogen (secondary N) is 2. The van der Waals surface area contributed by atoms with Crippen LogP contribution >= 0.6 is 0 Å². The second-order valence-electron chi connectivity index (χ2n) is 9.84. The van der Waals surface area contributed by atoms with Crippen LogP contribution in [0.25, 0.3) is 27.7 Å². The van der Waals surface area contributed by atoms with Gasteiger partial charge in [0.1, 0.15) is 0 Å². The summed E-state index contributed by atoms with van der Waals surface area (Å²) in [4.78, 5) is 9.98. The van der Waals surface area contributed by atoms with Gasteiger partial charge in [-0.3, -0.25) is 4.98 Å². The molecule has 2 N–H and O–H groups in total. The maximum absolute atomic E-state index is 4.45. The first-order chi connectivity index (χ1) is 18.5. The molecule has 0 amide bonds. The summed E-state index contributed by atoms with van der Waals surface area (Å²) in [6, 6.07) is 19.5. The highest BCUT2D eigenvalue weighted by Crippen LogP contribution is 2.32. The van der Waals surface area contributed by atoms with Gasteiger partial charge in [-0.1, -0.05) is 64.5 Å². The number of H-pyrrole nitrogens is 1. The van der Waals surface area contributed by atoms with Crippen molar-refractivity contribution in [1.82, 2.24) is 15.3 Å². The number of unbranched alkanes of at least 4 members (excludes halogenated alkanes) is 3. The predicted octanol–water partition coefficient (Wildman–Crippen LogP) is 9.12. The van der Waals surface area contributed by atoms with Crippen molar-refractivity contribution in [1.29, 1.82) is 0 Å². The van der Waals surface area contributed by atoms with Crippen molar-refractivity contribution in [3.8, 4) is 11.1 Å². The van der Waals surface area contributed by atoms with Crippen LogP contribution in [0.5, 0.6) is 0 Å². The first-order valence-corrected chi connectivity index (χ1v) is 13.9. The molecule has 200 valence electrons. The van der Waals surface area contributed by atoms with Gasteiger partial charge in [-0.05, 0) is 84.7 Å². The Morgan fingerprint density at radius 2 is 1.76 bits per heavy atom. The average molecular weight is 509 g/mol. The highest BCUT2D eigenvalue weighted by atomic mass is 15.1. The van der Waals surface area contributed by atoms with Crippen LogP contribution in [0.15, 0.2) is 92.0 Å². The van der Waals surface area contributed by atoms with E-state index in [1.54, 1.807) is 6.20 Å². The maximum Gasteiger partial charge on any atom is 0.0460 e. The molecule has 0 saturated heterocycles. The highest BCUT2D eigenvalue weighted by molar-refractivity contribution is 5.86. The fourth-order valence-electron chi connectivity index (χ4n) is 4.55. The number of aryl methyl sites for hydroxylation is 1. The van der Waals surface area contributed by atoms with E-state index in [0.29, 0.717) is 0 Å². The van der Waals surface area contributed by atoms with E-state index in [1.165, 1.54) is 53.4 Å². The molecule has 38 heavy (non-hydrogen) atoms. The number of hydrogen-bond donors (Lipinski definition) is 2. The molecule has 0 aliphatic heterocycles. The molecule has 4 aromatic rings. The summed E-state index contributed by atoms with van der Waals surface area (Å²) in [6.07, 6.45) is 12.6. The zero-order valence-electron chi connectivity index (χ0n) is 23.7. The normalized spacial score (nSPS) is 10.5. The van der Waals surface area contributed by atoms with Gasteiger partial charge in [0.15, 0.2) is 0 Å². The van der Waals surface area contributed by atoms with Crippen LogP contribution in [0.4, 0.5) is 5.69 Å². The Bertz CT molecular complexity index is 1300. The van der Waals surface area contributed by atoms with Gasteiger partial charge in [0, 0.05) is 60.3 Å². The number of nitrogens with zero attached hydrogens (tertiary/aromatic N) is 2. The lowest BCUT2D eigenvalue weighted by Crippen LogP contribution is -2.22. The van der Waals surface area contributed by atoms with E-state index in [9.17, 15) is 0 Å². The third-order valence-corrected chi connectivity index (χ3v) is 6.67. The standard InChI is InChI=1S/C31H36N4.C3H8/c1-23-20-29(14-15-30(23)27-13-12-26-16-18-34-31(26)21-27)35(25(3)28-11-9-17-33-22-28)19-8-6-5-7-10-24(2)32-4;1-3-2/h9,11-18,20-22,32,34H,2-3,5-8,10,19H2,1,4H3;3H2,1-2H3. The fraction of sp³-hybridized carbons (Fsp3) is 0.324. The third kappa shape index (κ3) is 7.85. The zero-order chi connectivity index (χ0) is 27.3. The molecule has 0 bridgehead atoms. The van der Waals surface area contributed by atoms with Crippen LogP contribution in [-0.2, 0) is 0 Å². The van der Waals surface area contributed by atoms with Crippen molar-refractivity contribution in [2.24, 2.45) is 0 Å². The molecule has 4 nitrogen and oxygen atoms in total. The lowest BCUT2D eigenvalue weighted by Gasteiger charge is -2.28. The highest BCUT2D eigenvalue weighted by Gasteiger charge is 2.14. The molecule has 0 radical (unpaired) electrons. The number of pyridine rings is 1. The summed E-state index contributed by atoms with van der Waals surface area (Å²) in [5.41, 5.74) is 9.22. The van der Waals surface area contributed by atoms with E-state index in [-0.39, 0.29) is 0 Å². The van der Waals surface area contributed by atoms with Gasteiger partial charge in [0.2, 0.25) is 0 Å². The van der Waals surface area contributed by atoms with Crippen LogP contribution in [0, 0.1) is 6.92 Å². The SMILES string of the molecule is C=C(CCCCCCN(C(=C)c1cccnc1)c1ccc(-c2ccc3cc[nH]c3c2)c(C)c1)NC.CCC. The number of rotatable bonds is 12. The molecule has 0 unspecified atom stereocenters. The monoisotopic (exact) mass is 508 g/mol. The van der Waals surface area contributed by atoms with E-state index in [0.717, 1.165) is 41.9 Å². The van der Waals surface area contributed by atoms with Gasteiger partial charge in [-0.15, -0.1) is 0 Å². The zero-order valence-corrected chi connectivity index (χ0v) is 23.7. The lowest BCUT2D eigenvalue weighted by molar-refractivity contribution is 0.632. The van der Waals surface area contributed by atoms with Crippen LogP contribution in [0.2, 0.25) is 0 Å². The van der Waals surface area contributed by atoms with Gasteiger partial charge in [-0.2, -0.15) is 0 Å². The molecule has 0 fully saturated rings. The number of hydrogen-bond acceptors (Lipinski definition) is 3. The van der Waals surface area contributed by atoms with Crippen molar-refractivity contribution in [2.75, 3.05) is 18.5 Å². The van der Waals surface area contributed by atoms with E-state index in [1.807, 2.05) is 25.5 Å². The van der Waals surface area contributed by atoms with E-state index < -0.39 is 0 Å². The summed E-state index contributed by atoms with van der Waals surface area (Å²) < 4.78 is 0. The van der Waals surface area contributed by atoms with Crippen LogP contribution in [-0.4, -0.2) is 23.6 Å². The van der Waals surface area contributed by atoms with Crippen molar-refractivity contribution in [2.45, 2.75) is 59.3 Å². The van der Waals surface area contributed by atoms with Crippen molar-refractivity contribution in [3.05, 3.63) is 103 Å². The van der Waals surface area contributed by atoms with Crippen LogP contribution in [0.3, 0.4) is 0 Å². The Balaban J connectivity index is 0.00000127. The topological polar surface area (TPSA) is 44.0 Å². The summed E-state index contributed by atoms with van der Waals surface area (Å²) in [5, 5.41) is 4.37. The quantitative estimate of drug-likeness (QED) is 0.188. The van der Waals surface area contributed by atoms with Crippen molar-refractivity contribution >= 4 is 22.3 Å². The molecule has 2 heterocycles. The minimum Gasteiger partial charge on any atom is -0.392 e. The summed E-state index contributed by atoms with van der Waals surface area (Å²) >= 11 is 0. The first-order valence-electron chi connectivity index (χ1n) is 13.9. The molecule has 0 atom stereocenters. The third-order valence-electron chi connectivity index (χ3n) is 6.67. The number of anilines is 1. The molecule has 0 aliphatic carbocycles. The Morgan fingerprint density at radius 3 is 2.47 bits per heavy atom. The van der Waals surface area contributed by atoms with Crippen molar-refractivity contribution < 1.29 is 0 Å². The van der Waals surface area contributed by atoms with Crippen LogP contribution < -0.4 is 10.2 Å². The van der Waals surface area contributed by atoms with Gasteiger partial charge in [-0.25, -0.2) is 0 Å². The Morgan fingerprint density at radius 1 is 0.974 bits per heavy atom. The number of aromatic amines is 1. The van der Waals surface area contributed by atoms with Crippen LogP contribution in [0.1, 0.15) is 63.5 Å². The molecule has 0 saturated carbocycles. The predicted molar refractivity (Wildman–Crippen MR) is 166 cm³/mol. The van der Waals surface area contributed by atoms with E-state index in [4.69, 9.17) is 0 Å². The molecule has 2 aromatic heterocycles. The van der Waals surface area contributed by atoms with Gasteiger partial charge in [0.25, 0.3) is 0 Å².